The van der Waals surface area contributed by atoms with E-state index in [2.05, 4.69) is 20.1 Å². The first kappa shape index (κ1) is 24.8. The van der Waals surface area contributed by atoms with Crippen molar-refractivity contribution in [3.8, 4) is 0 Å². The van der Waals surface area contributed by atoms with Crippen molar-refractivity contribution in [1.29, 1.82) is 0 Å². The fourth-order valence-electron chi connectivity index (χ4n) is 6.18. The first-order valence-electron chi connectivity index (χ1n) is 13.8. The number of fused-ring (bicyclic) bond motifs is 2. The van der Waals surface area contributed by atoms with Gasteiger partial charge in [-0.2, -0.15) is 0 Å². The number of thiazole rings is 1. The standard InChI is InChI=1S/C29H37N5O2S/c1-36-22-12-17-34(18-22)29-32-26-19-33(16-13-27(26)37-29)15-11-20-7-9-21(10-8-20)31-28(35)24-4-2-6-25-23(24)5-3-14-30-25/h2-6,14,20-22H,7-13,15-19H2,1H3,(H,31,35). The monoisotopic (exact) mass is 519 g/mol. The van der Waals surface area contributed by atoms with Gasteiger partial charge in [0.1, 0.15) is 0 Å². The van der Waals surface area contributed by atoms with E-state index in [4.69, 9.17) is 9.72 Å². The molecule has 196 valence electrons. The first-order chi connectivity index (χ1) is 18.2. The lowest BCUT2D eigenvalue weighted by molar-refractivity contribution is 0.0921. The summed E-state index contributed by atoms with van der Waals surface area (Å²) >= 11 is 1.89. The SMILES string of the molecule is COC1CCN(c2nc3c(s2)CCN(CCC2CCC(NC(=O)c4cccc5ncccc45)CC2)C3)C1. The van der Waals surface area contributed by atoms with Crippen LogP contribution in [0.4, 0.5) is 5.13 Å². The highest BCUT2D eigenvalue weighted by Crippen LogP contribution is 2.33. The van der Waals surface area contributed by atoms with Crippen molar-refractivity contribution < 1.29 is 9.53 Å². The van der Waals surface area contributed by atoms with Crippen molar-refractivity contribution in [2.75, 3.05) is 38.2 Å². The molecule has 6 rings (SSSR count). The molecule has 1 aromatic carbocycles. The highest BCUT2D eigenvalue weighted by atomic mass is 32.1. The largest absolute Gasteiger partial charge is 0.380 e. The maximum Gasteiger partial charge on any atom is 0.252 e. The van der Waals surface area contributed by atoms with Gasteiger partial charge in [-0.15, -0.1) is 11.3 Å². The maximum absolute atomic E-state index is 13.0. The highest BCUT2D eigenvalue weighted by molar-refractivity contribution is 7.15. The van der Waals surface area contributed by atoms with Gasteiger partial charge in [0.15, 0.2) is 5.13 Å². The molecule has 1 saturated carbocycles. The number of methoxy groups -OCH3 is 1. The van der Waals surface area contributed by atoms with Crippen LogP contribution in [0.25, 0.3) is 10.9 Å². The van der Waals surface area contributed by atoms with Gasteiger partial charge in [-0.05, 0) is 75.6 Å². The number of amides is 1. The van der Waals surface area contributed by atoms with Crippen LogP contribution in [0.1, 0.15) is 59.5 Å². The van der Waals surface area contributed by atoms with E-state index >= 15 is 0 Å². The molecule has 0 radical (unpaired) electrons. The second-order valence-electron chi connectivity index (χ2n) is 10.8. The van der Waals surface area contributed by atoms with Crippen LogP contribution in [-0.4, -0.2) is 66.2 Å². The normalized spacial score (nSPS) is 24.4. The fraction of sp³-hybridized carbons (Fsp3) is 0.552. The number of pyridine rings is 1. The van der Waals surface area contributed by atoms with Crippen LogP contribution in [0.2, 0.25) is 0 Å². The van der Waals surface area contributed by atoms with E-state index in [1.165, 1.54) is 35.0 Å². The molecule has 1 amide bonds. The molecule has 1 unspecified atom stereocenters. The average Bonchev–Trinajstić information content (AvgIpc) is 3.59. The van der Waals surface area contributed by atoms with Gasteiger partial charge in [0.05, 0.1) is 17.3 Å². The first-order valence-corrected chi connectivity index (χ1v) is 14.6. The Morgan fingerprint density at radius 2 is 2.03 bits per heavy atom. The van der Waals surface area contributed by atoms with Gasteiger partial charge in [-0.25, -0.2) is 4.98 Å². The minimum absolute atomic E-state index is 0.0282. The van der Waals surface area contributed by atoms with Crippen LogP contribution in [0, 0.1) is 5.92 Å². The third-order valence-electron chi connectivity index (χ3n) is 8.47. The maximum atomic E-state index is 13.0. The van der Waals surface area contributed by atoms with E-state index in [0.29, 0.717) is 6.10 Å². The van der Waals surface area contributed by atoms with E-state index < -0.39 is 0 Å². The summed E-state index contributed by atoms with van der Waals surface area (Å²) in [7, 11) is 1.81. The third kappa shape index (κ3) is 5.52. The van der Waals surface area contributed by atoms with Crippen LogP contribution in [0.3, 0.4) is 0 Å². The van der Waals surface area contributed by atoms with Crippen molar-refractivity contribution in [3.63, 3.8) is 0 Å². The Morgan fingerprint density at radius 1 is 1.14 bits per heavy atom. The summed E-state index contributed by atoms with van der Waals surface area (Å²) in [6.07, 6.45) is 10.1. The van der Waals surface area contributed by atoms with Crippen molar-refractivity contribution in [2.45, 2.75) is 63.6 Å². The quantitative estimate of drug-likeness (QED) is 0.490. The Morgan fingerprint density at radius 3 is 2.86 bits per heavy atom. The molecule has 0 bridgehead atoms. The molecule has 4 heterocycles. The van der Waals surface area contributed by atoms with Gasteiger partial charge in [0, 0.05) is 61.4 Å². The molecule has 2 aromatic heterocycles. The topological polar surface area (TPSA) is 70.6 Å². The average molecular weight is 520 g/mol. The lowest BCUT2D eigenvalue weighted by Gasteiger charge is -2.32. The Labute approximate surface area is 223 Å². The molecule has 7 nitrogen and oxygen atoms in total. The summed E-state index contributed by atoms with van der Waals surface area (Å²) in [5.41, 5.74) is 2.89. The number of hydrogen-bond donors (Lipinski definition) is 1. The minimum Gasteiger partial charge on any atom is -0.380 e. The van der Waals surface area contributed by atoms with Crippen LogP contribution in [-0.2, 0) is 17.7 Å². The predicted octanol–water partition coefficient (Wildman–Crippen LogP) is 4.65. The van der Waals surface area contributed by atoms with Crippen molar-refractivity contribution in [3.05, 3.63) is 52.7 Å². The smallest absolute Gasteiger partial charge is 0.252 e. The molecule has 8 heteroatoms. The van der Waals surface area contributed by atoms with Gasteiger partial charge in [0.2, 0.25) is 0 Å². The number of anilines is 1. The van der Waals surface area contributed by atoms with Gasteiger partial charge in [0.25, 0.3) is 5.91 Å². The van der Waals surface area contributed by atoms with Crippen molar-refractivity contribution >= 4 is 33.3 Å². The van der Waals surface area contributed by atoms with E-state index in [1.54, 1.807) is 6.20 Å². The Bertz CT molecular complexity index is 1230. The second-order valence-corrected chi connectivity index (χ2v) is 11.9. The molecule has 1 saturated heterocycles. The van der Waals surface area contributed by atoms with E-state index in [0.717, 1.165) is 80.8 Å². The number of carbonyl (C=O) groups excluding carboxylic acids is 1. The van der Waals surface area contributed by atoms with Crippen LogP contribution < -0.4 is 10.2 Å². The van der Waals surface area contributed by atoms with E-state index in [9.17, 15) is 4.79 Å². The fourth-order valence-corrected chi connectivity index (χ4v) is 7.28. The molecule has 37 heavy (non-hydrogen) atoms. The summed E-state index contributed by atoms with van der Waals surface area (Å²) in [6, 6.07) is 9.92. The number of nitrogens with zero attached hydrogens (tertiary/aromatic N) is 4. The van der Waals surface area contributed by atoms with Crippen molar-refractivity contribution in [1.82, 2.24) is 20.2 Å². The second kappa shape index (κ2) is 11.1. The van der Waals surface area contributed by atoms with Crippen molar-refractivity contribution in [2.24, 2.45) is 5.92 Å². The predicted molar refractivity (Wildman–Crippen MR) is 148 cm³/mol. The summed E-state index contributed by atoms with van der Waals surface area (Å²) in [6.45, 7) is 5.29. The van der Waals surface area contributed by atoms with Gasteiger partial charge in [-0.3, -0.25) is 14.7 Å². The molecular formula is C29H37N5O2S. The van der Waals surface area contributed by atoms with E-state index in [-0.39, 0.29) is 11.9 Å². The lowest BCUT2D eigenvalue weighted by Crippen LogP contribution is -2.38. The summed E-state index contributed by atoms with van der Waals surface area (Å²) in [4.78, 5) is 28.9. The zero-order chi connectivity index (χ0) is 25.2. The Kier molecular flexibility index (Phi) is 7.40. The number of aromatic nitrogens is 2. The summed E-state index contributed by atoms with van der Waals surface area (Å²) < 4.78 is 5.54. The van der Waals surface area contributed by atoms with Gasteiger partial charge >= 0.3 is 0 Å². The number of nitrogens with one attached hydrogen (secondary N) is 1. The molecule has 1 atom stereocenters. The van der Waals surface area contributed by atoms with Gasteiger partial charge in [-0.1, -0.05) is 12.1 Å². The van der Waals surface area contributed by atoms with E-state index in [1.807, 2.05) is 48.8 Å². The lowest BCUT2D eigenvalue weighted by atomic mass is 9.84. The molecule has 0 spiro atoms. The molecule has 3 aliphatic rings. The summed E-state index contributed by atoms with van der Waals surface area (Å²) in [5, 5.41) is 5.41. The molecule has 1 aliphatic carbocycles. The molecule has 2 fully saturated rings. The summed E-state index contributed by atoms with van der Waals surface area (Å²) in [5.74, 6) is 0.776. The highest BCUT2D eigenvalue weighted by Gasteiger charge is 2.28. The minimum atomic E-state index is 0.0282. The van der Waals surface area contributed by atoms with Crippen LogP contribution >= 0.6 is 11.3 Å². The molecule has 1 N–H and O–H groups in total. The number of rotatable bonds is 7. The van der Waals surface area contributed by atoms with Crippen LogP contribution in [0.5, 0.6) is 0 Å². The number of ether oxygens (including phenoxy) is 1. The zero-order valence-electron chi connectivity index (χ0n) is 21.7. The molecular weight excluding hydrogens is 482 g/mol. The molecule has 2 aliphatic heterocycles. The van der Waals surface area contributed by atoms with Crippen LogP contribution in [0.15, 0.2) is 36.5 Å². The Balaban J connectivity index is 0.959. The number of benzene rings is 1. The number of hydrogen-bond acceptors (Lipinski definition) is 7. The third-order valence-corrected chi connectivity index (χ3v) is 9.69. The van der Waals surface area contributed by atoms with Gasteiger partial charge < -0.3 is 15.0 Å². The Hall–Kier alpha value is -2.55. The number of carbonyl (C=O) groups is 1. The molecule has 3 aromatic rings. The zero-order valence-corrected chi connectivity index (χ0v) is 22.5.